The van der Waals surface area contributed by atoms with Gasteiger partial charge in [-0.05, 0) is 25.6 Å². The number of aromatic carboxylic acids is 1. The number of rotatable bonds is 2. The SMILES string of the molecule is Cc1ccnc(N2CCN(C)CC2)c1C(=O)O. The number of anilines is 1. The van der Waals surface area contributed by atoms with E-state index in [0.717, 1.165) is 31.7 Å². The Bertz CT molecular complexity index is 426. The lowest BCUT2D eigenvalue weighted by Gasteiger charge is -2.34. The lowest BCUT2D eigenvalue weighted by molar-refractivity contribution is 0.0696. The first-order chi connectivity index (χ1) is 8.09. The Hall–Kier alpha value is -1.62. The molecular formula is C12H17N3O2. The zero-order valence-corrected chi connectivity index (χ0v) is 10.2. The van der Waals surface area contributed by atoms with Crippen LogP contribution in [0.25, 0.3) is 0 Å². The third kappa shape index (κ3) is 2.39. The molecule has 0 atom stereocenters. The average Bonchev–Trinajstić information content (AvgIpc) is 2.29. The minimum atomic E-state index is -0.899. The highest BCUT2D eigenvalue weighted by atomic mass is 16.4. The second-order valence-corrected chi connectivity index (χ2v) is 4.42. The maximum absolute atomic E-state index is 11.3. The summed E-state index contributed by atoms with van der Waals surface area (Å²) in [5.41, 5.74) is 1.10. The molecule has 2 heterocycles. The standard InChI is InChI=1S/C12H17N3O2/c1-9-3-4-13-11(10(9)12(16)17)15-7-5-14(2)6-8-15/h3-4H,5-8H2,1-2H3,(H,16,17). The van der Waals surface area contributed by atoms with Crippen LogP contribution in [0.4, 0.5) is 5.82 Å². The van der Waals surface area contributed by atoms with Crippen LogP contribution < -0.4 is 4.90 Å². The van der Waals surface area contributed by atoms with Gasteiger partial charge in [-0.2, -0.15) is 0 Å². The predicted molar refractivity (Wildman–Crippen MR) is 65.6 cm³/mol. The van der Waals surface area contributed by atoms with E-state index in [9.17, 15) is 9.90 Å². The lowest BCUT2D eigenvalue weighted by atomic mass is 10.1. The number of carbonyl (C=O) groups is 1. The van der Waals surface area contributed by atoms with E-state index < -0.39 is 5.97 Å². The minimum absolute atomic E-state index is 0.331. The van der Waals surface area contributed by atoms with Crippen molar-refractivity contribution in [2.75, 3.05) is 38.1 Å². The fourth-order valence-electron chi connectivity index (χ4n) is 2.07. The number of aryl methyl sites for hydroxylation is 1. The maximum Gasteiger partial charge on any atom is 0.339 e. The Kier molecular flexibility index (Phi) is 3.28. The van der Waals surface area contributed by atoms with E-state index in [1.165, 1.54) is 0 Å². The fraction of sp³-hybridized carbons (Fsp3) is 0.500. The van der Waals surface area contributed by atoms with Crippen LogP contribution in [0.3, 0.4) is 0 Å². The normalized spacial score (nSPS) is 17.2. The molecule has 5 nitrogen and oxygen atoms in total. The van der Waals surface area contributed by atoms with Gasteiger partial charge in [-0.1, -0.05) is 0 Å². The number of nitrogens with zero attached hydrogens (tertiary/aromatic N) is 3. The molecule has 1 aliphatic rings. The highest BCUT2D eigenvalue weighted by Gasteiger charge is 2.22. The first-order valence-electron chi connectivity index (χ1n) is 5.72. The van der Waals surface area contributed by atoms with Gasteiger partial charge in [0.15, 0.2) is 0 Å². The summed E-state index contributed by atoms with van der Waals surface area (Å²) >= 11 is 0. The highest BCUT2D eigenvalue weighted by molar-refractivity contribution is 5.95. The van der Waals surface area contributed by atoms with Crippen LogP contribution >= 0.6 is 0 Å². The van der Waals surface area contributed by atoms with Gasteiger partial charge in [0.1, 0.15) is 11.4 Å². The van der Waals surface area contributed by atoms with Crippen LogP contribution in [0.5, 0.6) is 0 Å². The molecule has 0 radical (unpaired) electrons. The lowest BCUT2D eigenvalue weighted by Crippen LogP contribution is -2.45. The fourth-order valence-corrected chi connectivity index (χ4v) is 2.07. The summed E-state index contributed by atoms with van der Waals surface area (Å²) in [6, 6.07) is 1.74. The van der Waals surface area contributed by atoms with E-state index in [1.54, 1.807) is 12.3 Å². The molecule has 0 bridgehead atoms. The van der Waals surface area contributed by atoms with E-state index in [-0.39, 0.29) is 0 Å². The smallest absolute Gasteiger partial charge is 0.339 e. The van der Waals surface area contributed by atoms with Gasteiger partial charge in [0.25, 0.3) is 0 Å². The first kappa shape index (κ1) is 11.9. The largest absolute Gasteiger partial charge is 0.478 e. The molecular weight excluding hydrogens is 218 g/mol. The molecule has 1 saturated heterocycles. The van der Waals surface area contributed by atoms with Crippen molar-refractivity contribution in [3.05, 3.63) is 23.4 Å². The number of hydrogen-bond donors (Lipinski definition) is 1. The number of carboxylic acids is 1. The molecule has 0 spiro atoms. The monoisotopic (exact) mass is 235 g/mol. The van der Waals surface area contributed by atoms with Crippen LogP contribution in [0.15, 0.2) is 12.3 Å². The minimum Gasteiger partial charge on any atom is -0.478 e. The summed E-state index contributed by atoms with van der Waals surface area (Å²) in [7, 11) is 2.07. The number of carboxylic acid groups (broad SMARTS) is 1. The van der Waals surface area contributed by atoms with Gasteiger partial charge in [-0.25, -0.2) is 9.78 Å². The summed E-state index contributed by atoms with van der Waals surface area (Å²) in [6.07, 6.45) is 1.68. The van der Waals surface area contributed by atoms with Gasteiger partial charge >= 0.3 is 5.97 Å². The second-order valence-electron chi connectivity index (χ2n) is 4.42. The molecule has 0 aromatic carbocycles. The van der Waals surface area contributed by atoms with Crippen molar-refractivity contribution in [1.29, 1.82) is 0 Å². The van der Waals surface area contributed by atoms with Crippen LogP contribution in [0.2, 0.25) is 0 Å². The Morgan fingerprint density at radius 3 is 2.59 bits per heavy atom. The number of likely N-dealkylation sites (N-methyl/N-ethyl adjacent to an activating group) is 1. The third-order valence-corrected chi connectivity index (χ3v) is 3.16. The van der Waals surface area contributed by atoms with Gasteiger partial charge in [-0.3, -0.25) is 0 Å². The number of pyridine rings is 1. The molecule has 1 N–H and O–H groups in total. The van der Waals surface area contributed by atoms with Crippen molar-refractivity contribution in [3.63, 3.8) is 0 Å². The summed E-state index contributed by atoms with van der Waals surface area (Å²) in [6.45, 7) is 5.34. The molecule has 1 aliphatic heterocycles. The summed E-state index contributed by atoms with van der Waals surface area (Å²) in [5.74, 6) is -0.296. The molecule has 0 amide bonds. The Balaban J connectivity index is 2.32. The van der Waals surface area contributed by atoms with E-state index in [1.807, 2.05) is 6.92 Å². The zero-order valence-electron chi connectivity index (χ0n) is 10.2. The van der Waals surface area contributed by atoms with E-state index in [4.69, 9.17) is 0 Å². The van der Waals surface area contributed by atoms with Gasteiger partial charge in [-0.15, -0.1) is 0 Å². The Morgan fingerprint density at radius 1 is 1.35 bits per heavy atom. The van der Waals surface area contributed by atoms with Gasteiger partial charge in [0.2, 0.25) is 0 Å². The molecule has 17 heavy (non-hydrogen) atoms. The summed E-state index contributed by atoms with van der Waals surface area (Å²) < 4.78 is 0. The van der Waals surface area contributed by atoms with Crippen LogP contribution in [0, 0.1) is 6.92 Å². The van der Waals surface area contributed by atoms with Crippen molar-refractivity contribution >= 4 is 11.8 Å². The van der Waals surface area contributed by atoms with Crippen LogP contribution in [-0.4, -0.2) is 54.2 Å². The Morgan fingerprint density at radius 2 is 2.00 bits per heavy atom. The summed E-state index contributed by atoms with van der Waals surface area (Å²) in [5, 5.41) is 9.25. The van der Waals surface area contributed by atoms with Gasteiger partial charge in [0.05, 0.1) is 0 Å². The van der Waals surface area contributed by atoms with E-state index in [0.29, 0.717) is 11.4 Å². The van der Waals surface area contributed by atoms with Crippen molar-refractivity contribution in [3.8, 4) is 0 Å². The van der Waals surface area contributed by atoms with Gasteiger partial charge in [0, 0.05) is 32.4 Å². The van der Waals surface area contributed by atoms with Crippen molar-refractivity contribution < 1.29 is 9.90 Å². The second kappa shape index (κ2) is 4.71. The number of hydrogen-bond acceptors (Lipinski definition) is 4. The van der Waals surface area contributed by atoms with Gasteiger partial charge < -0.3 is 14.9 Å². The van der Waals surface area contributed by atoms with E-state index >= 15 is 0 Å². The van der Waals surface area contributed by atoms with Crippen molar-refractivity contribution in [2.45, 2.75) is 6.92 Å². The topological polar surface area (TPSA) is 56.7 Å². The molecule has 1 aromatic heterocycles. The molecule has 92 valence electrons. The van der Waals surface area contributed by atoms with Crippen molar-refractivity contribution in [1.82, 2.24) is 9.88 Å². The Labute approximate surface area is 101 Å². The maximum atomic E-state index is 11.3. The molecule has 0 saturated carbocycles. The average molecular weight is 235 g/mol. The zero-order chi connectivity index (χ0) is 12.4. The first-order valence-corrected chi connectivity index (χ1v) is 5.72. The molecule has 2 rings (SSSR count). The molecule has 1 fully saturated rings. The predicted octanol–water partition coefficient (Wildman–Crippen LogP) is 0.840. The molecule has 0 aliphatic carbocycles. The van der Waals surface area contributed by atoms with Crippen molar-refractivity contribution in [2.24, 2.45) is 0 Å². The van der Waals surface area contributed by atoms with E-state index in [2.05, 4.69) is 21.8 Å². The van der Waals surface area contributed by atoms with Crippen LogP contribution in [-0.2, 0) is 0 Å². The molecule has 0 unspecified atom stereocenters. The number of piperazine rings is 1. The van der Waals surface area contributed by atoms with Crippen LogP contribution in [0.1, 0.15) is 15.9 Å². The quantitative estimate of drug-likeness (QED) is 0.823. The highest BCUT2D eigenvalue weighted by Crippen LogP contribution is 2.21. The molecule has 5 heteroatoms. The number of aromatic nitrogens is 1. The molecule has 1 aromatic rings. The summed E-state index contributed by atoms with van der Waals surface area (Å²) in [4.78, 5) is 19.8. The third-order valence-electron chi connectivity index (χ3n) is 3.16.